The summed E-state index contributed by atoms with van der Waals surface area (Å²) in [6.07, 6.45) is 0.224. The smallest absolute Gasteiger partial charge is 0.309 e. The summed E-state index contributed by atoms with van der Waals surface area (Å²) >= 11 is 0. The first kappa shape index (κ1) is 12.1. The van der Waals surface area contributed by atoms with Crippen molar-refractivity contribution in [3.63, 3.8) is 0 Å². The Morgan fingerprint density at radius 3 is 2.57 bits per heavy atom. The van der Waals surface area contributed by atoms with E-state index in [0.29, 0.717) is 5.56 Å². The van der Waals surface area contributed by atoms with Crippen molar-refractivity contribution in [2.24, 2.45) is 0 Å². The number of ketones is 1. The first-order valence-corrected chi connectivity index (χ1v) is 6.83. The van der Waals surface area contributed by atoms with E-state index in [2.05, 4.69) is 5.32 Å². The Balaban J connectivity index is 1.86. The lowest BCUT2D eigenvalue weighted by molar-refractivity contribution is -0.121. The first-order chi connectivity index (χ1) is 10.2. The summed E-state index contributed by atoms with van der Waals surface area (Å²) in [7, 11) is 0. The highest BCUT2D eigenvalue weighted by atomic mass is 16.2. The topological polar surface area (TPSA) is 66.5 Å². The Morgan fingerprint density at radius 2 is 1.81 bits per heavy atom. The van der Waals surface area contributed by atoms with Crippen LogP contribution in [0.3, 0.4) is 0 Å². The van der Waals surface area contributed by atoms with Gasteiger partial charge in [0.1, 0.15) is 6.04 Å². The summed E-state index contributed by atoms with van der Waals surface area (Å²) in [4.78, 5) is 37.5. The molecule has 0 bridgehead atoms. The largest absolute Gasteiger partial charge is 0.324 e. The molecular formula is C16H12N2O3. The minimum atomic E-state index is -0.626. The average molecular weight is 280 g/mol. The summed E-state index contributed by atoms with van der Waals surface area (Å²) in [5.74, 6) is -0.372. The Bertz CT molecular complexity index is 807. The second-order valence-electron chi connectivity index (χ2n) is 5.31. The molecule has 0 spiro atoms. The fourth-order valence-corrected chi connectivity index (χ4v) is 3.22. The van der Waals surface area contributed by atoms with Crippen LogP contribution in [0.5, 0.6) is 0 Å². The van der Waals surface area contributed by atoms with Crippen molar-refractivity contribution in [3.8, 4) is 0 Å². The number of nitrogens with one attached hydrogen (secondary N) is 1. The molecule has 2 aliphatic rings. The number of carbonyl (C=O) groups is 3. The number of benzene rings is 2. The number of hydrogen-bond donors (Lipinski definition) is 1. The predicted octanol–water partition coefficient (Wildman–Crippen LogP) is 2.02. The van der Waals surface area contributed by atoms with Gasteiger partial charge >= 0.3 is 6.03 Å². The van der Waals surface area contributed by atoms with Crippen molar-refractivity contribution in [3.05, 3.63) is 47.5 Å². The molecular weight excluding hydrogens is 268 g/mol. The van der Waals surface area contributed by atoms with Crippen LogP contribution in [-0.4, -0.2) is 29.2 Å². The summed E-state index contributed by atoms with van der Waals surface area (Å²) < 4.78 is 0. The molecule has 1 atom stereocenters. The fourth-order valence-electron chi connectivity index (χ4n) is 3.22. The standard InChI is InChI=1S/C16H12N2O3/c19-12-7-8-18(16(21)17-12)14-10-5-1-3-9-4-2-6-11(13(9)10)15(14)20/h1-6,14H,7-8H2,(H,17,19,21). The minimum absolute atomic E-state index is 0.0775. The number of nitrogens with zero attached hydrogens (tertiary/aromatic N) is 1. The predicted molar refractivity (Wildman–Crippen MR) is 75.9 cm³/mol. The molecule has 1 aliphatic carbocycles. The lowest BCUT2D eigenvalue weighted by Gasteiger charge is -2.31. The molecule has 0 radical (unpaired) electrons. The molecule has 0 saturated carbocycles. The van der Waals surface area contributed by atoms with Crippen LogP contribution in [0.25, 0.3) is 10.8 Å². The number of rotatable bonds is 1. The third-order valence-electron chi connectivity index (χ3n) is 4.14. The van der Waals surface area contributed by atoms with Crippen LogP contribution >= 0.6 is 0 Å². The van der Waals surface area contributed by atoms with Crippen molar-refractivity contribution >= 4 is 28.5 Å². The van der Waals surface area contributed by atoms with Gasteiger partial charge in [-0.2, -0.15) is 0 Å². The molecule has 104 valence electrons. The van der Waals surface area contributed by atoms with Gasteiger partial charge in [-0.3, -0.25) is 14.9 Å². The van der Waals surface area contributed by atoms with Crippen molar-refractivity contribution in [1.29, 1.82) is 0 Å². The fraction of sp³-hybridized carbons (Fsp3) is 0.188. The monoisotopic (exact) mass is 280 g/mol. The van der Waals surface area contributed by atoms with E-state index in [1.54, 1.807) is 6.07 Å². The summed E-state index contributed by atoms with van der Waals surface area (Å²) in [5, 5.41) is 4.19. The highest BCUT2D eigenvalue weighted by molar-refractivity contribution is 6.19. The lowest BCUT2D eigenvalue weighted by Crippen LogP contribution is -2.51. The lowest BCUT2D eigenvalue weighted by atomic mass is 10.0. The first-order valence-electron chi connectivity index (χ1n) is 6.83. The molecule has 3 amide bonds. The molecule has 1 aliphatic heterocycles. The molecule has 0 aromatic heterocycles. The second kappa shape index (κ2) is 4.15. The van der Waals surface area contributed by atoms with Crippen LogP contribution in [-0.2, 0) is 4.79 Å². The van der Waals surface area contributed by atoms with E-state index in [1.807, 2.05) is 30.3 Å². The number of carbonyl (C=O) groups excluding carboxylic acids is 3. The van der Waals surface area contributed by atoms with Gasteiger partial charge in [-0.15, -0.1) is 0 Å². The molecule has 1 saturated heterocycles. The van der Waals surface area contributed by atoms with E-state index >= 15 is 0 Å². The minimum Gasteiger partial charge on any atom is -0.309 e. The van der Waals surface area contributed by atoms with Crippen LogP contribution < -0.4 is 5.32 Å². The Labute approximate surface area is 120 Å². The van der Waals surface area contributed by atoms with Crippen LogP contribution in [0, 0.1) is 0 Å². The normalized spacial score (nSPS) is 21.0. The van der Waals surface area contributed by atoms with Crippen LogP contribution in [0.4, 0.5) is 4.79 Å². The maximum absolute atomic E-state index is 12.7. The average Bonchev–Trinajstić information content (AvgIpc) is 2.75. The van der Waals surface area contributed by atoms with Gasteiger partial charge in [-0.25, -0.2) is 4.79 Å². The molecule has 5 heteroatoms. The maximum Gasteiger partial charge on any atom is 0.324 e. The number of hydrogen-bond acceptors (Lipinski definition) is 3. The van der Waals surface area contributed by atoms with Crippen molar-refractivity contribution < 1.29 is 14.4 Å². The highest BCUT2D eigenvalue weighted by Gasteiger charge is 2.40. The van der Waals surface area contributed by atoms with Crippen molar-refractivity contribution in [2.45, 2.75) is 12.5 Å². The van der Waals surface area contributed by atoms with E-state index in [9.17, 15) is 14.4 Å². The van der Waals surface area contributed by atoms with E-state index in [-0.39, 0.29) is 24.7 Å². The number of imide groups is 1. The molecule has 2 aromatic carbocycles. The van der Waals surface area contributed by atoms with E-state index in [1.165, 1.54) is 4.90 Å². The second-order valence-corrected chi connectivity index (χ2v) is 5.31. The van der Waals surface area contributed by atoms with E-state index in [4.69, 9.17) is 0 Å². The van der Waals surface area contributed by atoms with Crippen molar-refractivity contribution in [2.75, 3.05) is 6.54 Å². The number of urea groups is 1. The van der Waals surface area contributed by atoms with Gasteiger partial charge in [-0.05, 0) is 16.3 Å². The zero-order valence-electron chi connectivity index (χ0n) is 11.1. The molecule has 5 nitrogen and oxygen atoms in total. The quantitative estimate of drug-likeness (QED) is 0.869. The molecule has 1 unspecified atom stereocenters. The number of amides is 3. The third-order valence-corrected chi connectivity index (χ3v) is 4.14. The molecule has 1 fully saturated rings. The zero-order valence-corrected chi connectivity index (χ0v) is 11.1. The molecule has 1 heterocycles. The van der Waals surface area contributed by atoms with Gasteiger partial charge in [0.2, 0.25) is 5.91 Å². The Kier molecular flexibility index (Phi) is 2.39. The zero-order chi connectivity index (χ0) is 14.6. The maximum atomic E-state index is 12.7. The van der Waals surface area contributed by atoms with Gasteiger partial charge in [0.25, 0.3) is 0 Å². The van der Waals surface area contributed by atoms with Gasteiger partial charge in [-0.1, -0.05) is 36.4 Å². The van der Waals surface area contributed by atoms with E-state index < -0.39 is 12.1 Å². The van der Waals surface area contributed by atoms with Gasteiger partial charge < -0.3 is 4.90 Å². The Hall–Kier alpha value is -2.69. The van der Waals surface area contributed by atoms with Gasteiger partial charge in [0, 0.05) is 18.5 Å². The number of Topliss-reactive ketones (excluding diaryl/α,β-unsaturated/α-hetero) is 1. The summed E-state index contributed by atoms with van der Waals surface area (Å²) in [6.45, 7) is 0.269. The molecule has 21 heavy (non-hydrogen) atoms. The molecule has 1 N–H and O–H groups in total. The highest BCUT2D eigenvalue weighted by Crippen LogP contribution is 2.40. The third kappa shape index (κ3) is 1.60. The molecule has 2 aromatic rings. The van der Waals surface area contributed by atoms with Crippen LogP contribution in [0.2, 0.25) is 0 Å². The van der Waals surface area contributed by atoms with Crippen molar-refractivity contribution in [1.82, 2.24) is 10.2 Å². The van der Waals surface area contributed by atoms with Gasteiger partial charge in [0.05, 0.1) is 0 Å². The van der Waals surface area contributed by atoms with Crippen LogP contribution in [0.1, 0.15) is 28.4 Å². The molecule has 4 rings (SSSR count). The summed E-state index contributed by atoms with van der Waals surface area (Å²) in [6, 6.07) is 10.2. The summed E-state index contributed by atoms with van der Waals surface area (Å²) in [5.41, 5.74) is 1.50. The van der Waals surface area contributed by atoms with E-state index in [0.717, 1.165) is 16.3 Å². The SMILES string of the molecule is O=C1CCN(C2C(=O)c3cccc4cccc2c34)C(=O)N1. The van der Waals surface area contributed by atoms with Crippen LogP contribution in [0.15, 0.2) is 36.4 Å². The Morgan fingerprint density at radius 1 is 1.05 bits per heavy atom. The van der Waals surface area contributed by atoms with Gasteiger partial charge in [0.15, 0.2) is 5.78 Å².